The Morgan fingerprint density at radius 3 is 2.45 bits per heavy atom. The molecule has 29 heavy (non-hydrogen) atoms. The fraction of sp³-hybridized carbons (Fsp3) is 0.174. The number of aryl methyl sites for hydroxylation is 1. The Labute approximate surface area is 175 Å². The van der Waals surface area contributed by atoms with Crippen molar-refractivity contribution in [2.45, 2.75) is 6.92 Å². The highest BCUT2D eigenvalue weighted by Crippen LogP contribution is 2.24. The van der Waals surface area contributed by atoms with Crippen LogP contribution >= 0.6 is 11.6 Å². The average Bonchev–Trinajstić information content (AvgIpc) is 2.74. The Hall–Kier alpha value is -3.18. The number of anilines is 2. The summed E-state index contributed by atoms with van der Waals surface area (Å²) in [5.74, 6) is 1.21. The van der Waals surface area contributed by atoms with Crippen LogP contribution in [0.4, 0.5) is 11.4 Å². The number of ether oxygens (including phenoxy) is 2. The Morgan fingerprint density at radius 2 is 1.62 bits per heavy atom. The van der Waals surface area contributed by atoms with Crippen LogP contribution in [0.5, 0.6) is 11.5 Å². The third-order valence-electron chi connectivity index (χ3n) is 4.15. The predicted octanol–water partition coefficient (Wildman–Crippen LogP) is 5.16. The molecule has 0 aliphatic rings. The number of nitrogens with one attached hydrogen (secondary N) is 2. The first-order valence-corrected chi connectivity index (χ1v) is 9.69. The molecule has 0 saturated carbocycles. The van der Waals surface area contributed by atoms with Crippen molar-refractivity contribution in [3.63, 3.8) is 0 Å². The van der Waals surface area contributed by atoms with Crippen LogP contribution in [0, 0.1) is 6.92 Å². The molecule has 3 rings (SSSR count). The Balaban J connectivity index is 1.50. The monoisotopic (exact) mass is 410 g/mol. The first-order valence-electron chi connectivity index (χ1n) is 9.31. The molecule has 1 amide bonds. The van der Waals surface area contributed by atoms with Crippen molar-refractivity contribution < 1.29 is 14.3 Å². The molecule has 5 nitrogen and oxygen atoms in total. The minimum atomic E-state index is -0.180. The molecule has 0 aromatic heterocycles. The lowest BCUT2D eigenvalue weighted by molar-refractivity contribution is -0.114. The first kappa shape index (κ1) is 20.6. The van der Waals surface area contributed by atoms with Gasteiger partial charge in [0.25, 0.3) is 0 Å². The average molecular weight is 411 g/mol. The summed E-state index contributed by atoms with van der Waals surface area (Å²) in [6.45, 7) is 2.84. The van der Waals surface area contributed by atoms with E-state index in [2.05, 4.69) is 10.6 Å². The number of rotatable bonds is 9. The third-order valence-corrected chi connectivity index (χ3v) is 4.39. The van der Waals surface area contributed by atoms with E-state index >= 15 is 0 Å². The maximum Gasteiger partial charge on any atom is 0.243 e. The number of hydrogen-bond donors (Lipinski definition) is 2. The number of carbonyl (C=O) groups excluding carboxylic acids is 1. The zero-order valence-electron chi connectivity index (χ0n) is 16.2. The highest BCUT2D eigenvalue weighted by molar-refractivity contribution is 6.30. The summed E-state index contributed by atoms with van der Waals surface area (Å²) in [6.07, 6.45) is 0. The second kappa shape index (κ2) is 10.4. The zero-order chi connectivity index (χ0) is 20.5. The van der Waals surface area contributed by atoms with Crippen molar-refractivity contribution in [2.75, 3.05) is 30.4 Å². The van der Waals surface area contributed by atoms with Crippen LogP contribution in [-0.2, 0) is 4.79 Å². The second-order valence-corrected chi connectivity index (χ2v) is 6.80. The normalized spacial score (nSPS) is 10.3. The van der Waals surface area contributed by atoms with Crippen LogP contribution in [0.3, 0.4) is 0 Å². The van der Waals surface area contributed by atoms with Gasteiger partial charge in [-0.3, -0.25) is 4.79 Å². The van der Waals surface area contributed by atoms with Gasteiger partial charge < -0.3 is 20.1 Å². The number of amides is 1. The van der Waals surface area contributed by atoms with Crippen LogP contribution in [0.15, 0.2) is 72.8 Å². The van der Waals surface area contributed by atoms with E-state index < -0.39 is 0 Å². The molecular weight excluding hydrogens is 388 g/mol. The molecule has 0 atom stereocenters. The molecule has 0 heterocycles. The molecule has 0 aliphatic carbocycles. The Kier molecular flexibility index (Phi) is 7.36. The van der Waals surface area contributed by atoms with E-state index in [9.17, 15) is 4.79 Å². The van der Waals surface area contributed by atoms with Gasteiger partial charge in [0, 0.05) is 10.7 Å². The van der Waals surface area contributed by atoms with Crippen LogP contribution in [0.25, 0.3) is 0 Å². The molecule has 0 spiro atoms. The summed E-state index contributed by atoms with van der Waals surface area (Å²) in [6, 6.07) is 22.4. The molecule has 3 aromatic rings. The van der Waals surface area contributed by atoms with Gasteiger partial charge in [-0.15, -0.1) is 0 Å². The lowest BCUT2D eigenvalue weighted by atomic mass is 10.2. The summed E-state index contributed by atoms with van der Waals surface area (Å²) in [5, 5.41) is 6.60. The van der Waals surface area contributed by atoms with Crippen molar-refractivity contribution in [2.24, 2.45) is 0 Å². The molecular formula is C23H23ClN2O3. The van der Waals surface area contributed by atoms with Crippen LogP contribution in [-0.4, -0.2) is 25.7 Å². The fourth-order valence-electron chi connectivity index (χ4n) is 2.68. The first-order chi connectivity index (χ1) is 14.1. The second-order valence-electron chi connectivity index (χ2n) is 6.37. The standard InChI is InChI=1S/C23H23ClN2O3/c1-17-11-12-18(24)15-21(17)25-16-23(27)26-20-9-5-6-10-22(20)29-14-13-28-19-7-3-2-4-8-19/h2-12,15,25H,13-14,16H2,1H3,(H,26,27). The molecule has 0 fully saturated rings. The van der Waals surface area contributed by atoms with Gasteiger partial charge in [-0.2, -0.15) is 0 Å². The van der Waals surface area contributed by atoms with Gasteiger partial charge in [0.15, 0.2) is 0 Å². The third kappa shape index (κ3) is 6.43. The maximum absolute atomic E-state index is 12.4. The molecule has 0 unspecified atom stereocenters. The van der Waals surface area contributed by atoms with Crippen molar-refractivity contribution in [3.8, 4) is 11.5 Å². The summed E-state index contributed by atoms with van der Waals surface area (Å²) in [5.41, 5.74) is 2.46. The van der Waals surface area contributed by atoms with E-state index in [1.54, 1.807) is 12.1 Å². The zero-order valence-corrected chi connectivity index (χ0v) is 16.9. The van der Waals surface area contributed by atoms with Crippen molar-refractivity contribution >= 4 is 28.9 Å². The minimum absolute atomic E-state index is 0.118. The maximum atomic E-state index is 12.4. The predicted molar refractivity (Wildman–Crippen MR) is 117 cm³/mol. The van der Waals surface area contributed by atoms with Crippen molar-refractivity contribution in [3.05, 3.63) is 83.4 Å². The largest absolute Gasteiger partial charge is 0.490 e. The Bertz CT molecular complexity index is 948. The summed E-state index contributed by atoms with van der Waals surface area (Å²) >= 11 is 6.01. The van der Waals surface area contributed by atoms with Gasteiger partial charge in [0.2, 0.25) is 5.91 Å². The molecule has 0 aliphatic heterocycles. The van der Waals surface area contributed by atoms with Crippen molar-refractivity contribution in [1.29, 1.82) is 0 Å². The van der Waals surface area contributed by atoms with E-state index in [-0.39, 0.29) is 12.5 Å². The Morgan fingerprint density at radius 1 is 0.897 bits per heavy atom. The summed E-state index contributed by atoms with van der Waals surface area (Å²) < 4.78 is 11.4. The molecule has 0 bridgehead atoms. The number of hydrogen-bond acceptors (Lipinski definition) is 4. The topological polar surface area (TPSA) is 59.6 Å². The quantitative estimate of drug-likeness (QED) is 0.478. The molecule has 150 valence electrons. The van der Waals surface area contributed by atoms with Crippen LogP contribution in [0.2, 0.25) is 5.02 Å². The van der Waals surface area contributed by atoms with E-state index in [0.29, 0.717) is 29.7 Å². The van der Waals surface area contributed by atoms with Gasteiger partial charge in [0.05, 0.1) is 12.2 Å². The van der Waals surface area contributed by atoms with Crippen LogP contribution < -0.4 is 20.1 Å². The minimum Gasteiger partial charge on any atom is -0.490 e. The highest BCUT2D eigenvalue weighted by atomic mass is 35.5. The number of halogens is 1. The van der Waals surface area contributed by atoms with E-state index in [1.165, 1.54) is 0 Å². The van der Waals surface area contributed by atoms with Gasteiger partial charge in [-0.1, -0.05) is 48.0 Å². The summed E-state index contributed by atoms with van der Waals surface area (Å²) in [4.78, 5) is 12.4. The van der Waals surface area contributed by atoms with Gasteiger partial charge in [-0.25, -0.2) is 0 Å². The van der Waals surface area contributed by atoms with E-state index in [0.717, 1.165) is 17.0 Å². The van der Waals surface area contributed by atoms with Crippen LogP contribution in [0.1, 0.15) is 5.56 Å². The molecule has 0 radical (unpaired) electrons. The number of para-hydroxylation sites is 3. The molecule has 6 heteroatoms. The lowest BCUT2D eigenvalue weighted by Gasteiger charge is -2.14. The van der Waals surface area contributed by atoms with Gasteiger partial charge in [0.1, 0.15) is 24.7 Å². The number of carbonyl (C=O) groups is 1. The lowest BCUT2D eigenvalue weighted by Crippen LogP contribution is -2.22. The highest BCUT2D eigenvalue weighted by Gasteiger charge is 2.09. The smallest absolute Gasteiger partial charge is 0.243 e. The molecule has 2 N–H and O–H groups in total. The van der Waals surface area contributed by atoms with Gasteiger partial charge in [-0.05, 0) is 48.9 Å². The van der Waals surface area contributed by atoms with Gasteiger partial charge >= 0.3 is 0 Å². The number of benzene rings is 3. The molecule has 3 aromatic carbocycles. The summed E-state index contributed by atoms with van der Waals surface area (Å²) in [7, 11) is 0. The molecule has 0 saturated heterocycles. The SMILES string of the molecule is Cc1ccc(Cl)cc1NCC(=O)Nc1ccccc1OCCOc1ccccc1. The van der Waals surface area contributed by atoms with Crippen molar-refractivity contribution in [1.82, 2.24) is 0 Å². The fourth-order valence-corrected chi connectivity index (χ4v) is 2.85. The van der Waals surface area contributed by atoms with E-state index in [4.69, 9.17) is 21.1 Å². The van der Waals surface area contributed by atoms with E-state index in [1.807, 2.05) is 67.6 Å².